The number of ether oxygens (including phenoxy) is 1. The molecule has 0 aliphatic carbocycles. The van der Waals surface area contributed by atoms with E-state index in [-0.39, 0.29) is 6.10 Å². The first kappa shape index (κ1) is 28.3. The molecule has 4 heteroatoms. The predicted octanol–water partition coefficient (Wildman–Crippen LogP) is 9.43. The second-order valence-corrected chi connectivity index (χ2v) is 22.5. The van der Waals surface area contributed by atoms with Gasteiger partial charge >= 0.3 is 186 Å². The Kier molecular flexibility index (Phi) is 18.3. The Morgan fingerprint density at radius 2 is 1.32 bits per heavy atom. The third-order valence-electron chi connectivity index (χ3n) is 6.18. The van der Waals surface area contributed by atoms with E-state index in [1.165, 1.54) is 71.1 Å². The molecule has 0 heterocycles. The molecule has 0 N–H and O–H groups in total. The molecule has 0 aliphatic heterocycles. The van der Waals surface area contributed by atoms with Crippen molar-refractivity contribution in [1.29, 1.82) is 0 Å². The van der Waals surface area contributed by atoms with E-state index in [2.05, 4.69) is 34.3 Å². The van der Waals surface area contributed by atoms with Gasteiger partial charge in [0.2, 0.25) is 0 Å². The maximum absolute atomic E-state index is 11.3. The van der Waals surface area contributed by atoms with Crippen molar-refractivity contribution in [2.24, 2.45) is 0 Å². The standard InChI is InChI=1S/C12H20ClO2.3C4H9.Sn/c1-3-5-7-8-10-11(9-6-4-2)15-12(13)14;3*1-3-4-2;/h11H,2-3,5-10H2,1H3;3*1,3-4H2,2H3;. The van der Waals surface area contributed by atoms with Gasteiger partial charge in [0, 0.05) is 0 Å². The van der Waals surface area contributed by atoms with Gasteiger partial charge in [0.25, 0.3) is 0 Å². The van der Waals surface area contributed by atoms with Gasteiger partial charge in [-0.15, -0.1) is 0 Å². The van der Waals surface area contributed by atoms with Crippen LogP contribution in [0.25, 0.3) is 0 Å². The van der Waals surface area contributed by atoms with Crippen LogP contribution in [0.1, 0.15) is 111 Å². The summed E-state index contributed by atoms with van der Waals surface area (Å²) in [5.74, 6) is 0. The van der Waals surface area contributed by atoms with E-state index in [0.29, 0.717) is 0 Å². The van der Waals surface area contributed by atoms with Crippen LogP contribution in [-0.2, 0) is 4.74 Å². The zero-order valence-corrected chi connectivity index (χ0v) is 22.9. The SMILES string of the molecule is C=[C](CCC(CCCCCC)OC(=O)Cl)[Sn]([CH2]CCC)([CH2]CCC)[CH2]CCC. The Hall–Kier alpha value is 0.299. The normalized spacial score (nSPS) is 12.8. The second kappa shape index (κ2) is 18.1. The van der Waals surface area contributed by atoms with Crippen LogP contribution in [0.4, 0.5) is 4.79 Å². The number of carbonyl (C=O) groups is 1. The predicted molar refractivity (Wildman–Crippen MR) is 128 cm³/mol. The molecule has 0 aromatic carbocycles. The van der Waals surface area contributed by atoms with Crippen molar-refractivity contribution in [2.75, 3.05) is 0 Å². The molecule has 0 radical (unpaired) electrons. The van der Waals surface area contributed by atoms with E-state index in [0.717, 1.165) is 25.7 Å². The number of hydrogen-bond acceptors (Lipinski definition) is 2. The van der Waals surface area contributed by atoms with Crippen LogP contribution in [0.2, 0.25) is 13.3 Å². The number of unbranched alkanes of at least 4 members (excludes halogenated alkanes) is 6. The zero-order valence-electron chi connectivity index (χ0n) is 19.3. The summed E-state index contributed by atoms with van der Waals surface area (Å²) in [5.41, 5.74) is -0.649. The summed E-state index contributed by atoms with van der Waals surface area (Å²) in [6, 6.07) is 0. The molecule has 0 aromatic heterocycles. The molecule has 0 aliphatic rings. The van der Waals surface area contributed by atoms with Crippen LogP contribution in [-0.4, -0.2) is 29.9 Å². The quantitative estimate of drug-likeness (QED) is 0.0961. The fourth-order valence-electron chi connectivity index (χ4n) is 4.24. The summed E-state index contributed by atoms with van der Waals surface area (Å²) in [6.45, 7) is 13.8. The van der Waals surface area contributed by atoms with Crippen molar-refractivity contribution in [3.05, 3.63) is 10.2 Å². The first-order valence-corrected chi connectivity index (χ1v) is 19.9. The molecule has 0 rings (SSSR count). The van der Waals surface area contributed by atoms with Crippen molar-refractivity contribution in [2.45, 2.75) is 131 Å². The number of hydrogen-bond donors (Lipinski definition) is 0. The molecule has 0 fully saturated rings. The van der Waals surface area contributed by atoms with Crippen LogP contribution in [0, 0.1) is 0 Å². The van der Waals surface area contributed by atoms with E-state index in [1.54, 1.807) is 3.59 Å². The van der Waals surface area contributed by atoms with Gasteiger partial charge in [0.15, 0.2) is 0 Å². The van der Waals surface area contributed by atoms with Crippen molar-refractivity contribution in [3.8, 4) is 0 Å². The Morgan fingerprint density at radius 3 is 1.75 bits per heavy atom. The average molecular weight is 522 g/mol. The second-order valence-electron chi connectivity index (χ2n) is 8.56. The maximum atomic E-state index is 11.3. The van der Waals surface area contributed by atoms with E-state index in [9.17, 15) is 4.79 Å². The average Bonchev–Trinajstić information content (AvgIpc) is 2.68. The van der Waals surface area contributed by atoms with Crippen LogP contribution >= 0.6 is 11.6 Å². The first-order valence-electron chi connectivity index (χ1n) is 12.0. The van der Waals surface area contributed by atoms with Gasteiger partial charge in [0.05, 0.1) is 0 Å². The van der Waals surface area contributed by atoms with Crippen LogP contribution < -0.4 is 0 Å². The van der Waals surface area contributed by atoms with Gasteiger partial charge in [-0.05, 0) is 0 Å². The number of allylic oxidation sites excluding steroid dienone is 1. The first-order chi connectivity index (χ1) is 13.5. The summed E-state index contributed by atoms with van der Waals surface area (Å²) < 4.78 is 11.4. The van der Waals surface area contributed by atoms with Crippen LogP contribution in [0.3, 0.4) is 0 Å². The Bertz CT molecular complexity index is 390. The fraction of sp³-hybridized carbons (Fsp3) is 0.875. The Labute approximate surface area is 185 Å². The Morgan fingerprint density at radius 1 is 0.821 bits per heavy atom. The number of carbonyl (C=O) groups excluding carboxylic acids is 1. The van der Waals surface area contributed by atoms with Gasteiger partial charge in [-0.25, -0.2) is 0 Å². The molecule has 0 aromatic rings. The van der Waals surface area contributed by atoms with Crippen molar-refractivity contribution >= 4 is 35.4 Å². The van der Waals surface area contributed by atoms with Gasteiger partial charge in [-0.2, -0.15) is 0 Å². The van der Waals surface area contributed by atoms with E-state index in [4.69, 9.17) is 16.3 Å². The van der Waals surface area contributed by atoms with E-state index in [1.807, 2.05) is 0 Å². The van der Waals surface area contributed by atoms with Gasteiger partial charge in [0.1, 0.15) is 0 Å². The summed E-state index contributed by atoms with van der Waals surface area (Å²) in [5, 5.41) is 0. The van der Waals surface area contributed by atoms with Crippen molar-refractivity contribution < 1.29 is 9.53 Å². The molecule has 0 spiro atoms. The topological polar surface area (TPSA) is 26.3 Å². The summed E-state index contributed by atoms with van der Waals surface area (Å²) in [7, 11) is 0. The van der Waals surface area contributed by atoms with Crippen LogP contribution in [0.5, 0.6) is 0 Å². The molecule has 2 nitrogen and oxygen atoms in total. The summed E-state index contributed by atoms with van der Waals surface area (Å²) in [6.07, 6.45) is 15.6. The number of halogens is 1. The molecular weight excluding hydrogens is 474 g/mol. The molecule has 0 saturated heterocycles. The third kappa shape index (κ3) is 12.8. The monoisotopic (exact) mass is 522 g/mol. The molecular formula is C24H47ClO2Sn. The minimum absolute atomic E-state index is 0.0360. The van der Waals surface area contributed by atoms with Crippen molar-refractivity contribution in [1.82, 2.24) is 0 Å². The third-order valence-corrected chi connectivity index (χ3v) is 22.5. The van der Waals surface area contributed by atoms with Crippen LogP contribution in [0.15, 0.2) is 10.2 Å². The Balaban J connectivity index is 5.00. The molecule has 166 valence electrons. The van der Waals surface area contributed by atoms with Gasteiger partial charge in [-0.3, -0.25) is 0 Å². The van der Waals surface area contributed by atoms with E-state index >= 15 is 0 Å². The zero-order chi connectivity index (χ0) is 21.3. The molecule has 0 amide bonds. The molecule has 1 unspecified atom stereocenters. The molecule has 28 heavy (non-hydrogen) atoms. The molecule has 0 bridgehead atoms. The number of rotatable bonds is 19. The molecule has 1 atom stereocenters. The summed E-state index contributed by atoms with van der Waals surface area (Å²) in [4.78, 5) is 11.3. The van der Waals surface area contributed by atoms with E-state index < -0.39 is 23.8 Å². The van der Waals surface area contributed by atoms with Gasteiger partial charge in [-0.1, -0.05) is 0 Å². The summed E-state index contributed by atoms with van der Waals surface area (Å²) >= 11 is 3.18. The minimum atomic E-state index is -2.37. The molecule has 0 saturated carbocycles. The van der Waals surface area contributed by atoms with Gasteiger partial charge < -0.3 is 0 Å². The van der Waals surface area contributed by atoms with Crippen molar-refractivity contribution in [3.63, 3.8) is 0 Å². The fourth-order valence-corrected chi connectivity index (χ4v) is 20.3.